The smallest absolute Gasteiger partial charge is 0.123 e. The minimum Gasteiger partial charge on any atom is -0.467 e. The van der Waals surface area contributed by atoms with Crippen LogP contribution in [-0.2, 0) is 6.54 Å². The van der Waals surface area contributed by atoms with Gasteiger partial charge in [-0.15, -0.1) is 0 Å². The van der Waals surface area contributed by atoms with Gasteiger partial charge in [0.2, 0.25) is 0 Å². The molecule has 0 atom stereocenters. The predicted octanol–water partition coefficient (Wildman–Crippen LogP) is 4.21. The molecule has 1 saturated carbocycles. The number of furan rings is 1. The summed E-state index contributed by atoms with van der Waals surface area (Å²) in [4.78, 5) is 4.76. The number of hydrogen-bond donors (Lipinski definition) is 0. The zero-order chi connectivity index (χ0) is 12.8. The van der Waals surface area contributed by atoms with Crippen LogP contribution in [0, 0.1) is 0 Å². The van der Waals surface area contributed by atoms with Gasteiger partial charge in [-0.05, 0) is 43.2 Å². The highest BCUT2D eigenvalue weighted by atomic mass is 35.5. The number of rotatable bonds is 3. The van der Waals surface area contributed by atoms with E-state index in [4.69, 9.17) is 21.0 Å². The highest BCUT2D eigenvalue weighted by Gasteiger charge is 2.29. The van der Waals surface area contributed by atoms with Gasteiger partial charge in [-0.2, -0.15) is 0 Å². The summed E-state index contributed by atoms with van der Waals surface area (Å²) in [5.41, 5.74) is 2.10. The second kappa shape index (κ2) is 4.14. The lowest BCUT2D eigenvalue weighted by molar-refractivity contribution is 0.492. The monoisotopic (exact) mass is 272 g/mol. The fourth-order valence-corrected chi connectivity index (χ4v) is 2.66. The molecule has 0 aliphatic heterocycles. The van der Waals surface area contributed by atoms with Gasteiger partial charge in [0.05, 0.1) is 23.8 Å². The molecule has 96 valence electrons. The summed E-state index contributed by atoms with van der Waals surface area (Å²) >= 11 is 6.11. The van der Waals surface area contributed by atoms with Crippen molar-refractivity contribution in [2.24, 2.45) is 0 Å². The summed E-state index contributed by atoms with van der Waals surface area (Å²) in [6, 6.07) is 9.77. The minimum absolute atomic E-state index is 0.598. The second-order valence-corrected chi connectivity index (χ2v) is 5.48. The number of hydrogen-bond acceptors (Lipinski definition) is 2. The van der Waals surface area contributed by atoms with E-state index < -0.39 is 0 Å². The highest BCUT2D eigenvalue weighted by molar-refractivity contribution is 6.31. The average molecular weight is 273 g/mol. The molecule has 0 saturated heterocycles. The first kappa shape index (κ1) is 11.1. The average Bonchev–Trinajstić information content (AvgIpc) is 3.01. The first-order valence-corrected chi connectivity index (χ1v) is 6.87. The normalized spacial score (nSPS) is 15.2. The van der Waals surface area contributed by atoms with Crippen molar-refractivity contribution in [2.45, 2.75) is 25.3 Å². The molecular weight excluding hydrogens is 260 g/mol. The maximum Gasteiger partial charge on any atom is 0.123 e. The molecule has 3 nitrogen and oxygen atoms in total. The van der Waals surface area contributed by atoms with E-state index in [0.29, 0.717) is 5.92 Å². The molecule has 4 rings (SSSR count). The van der Waals surface area contributed by atoms with E-state index in [9.17, 15) is 0 Å². The van der Waals surface area contributed by atoms with Crippen LogP contribution in [-0.4, -0.2) is 9.55 Å². The lowest BCUT2D eigenvalue weighted by Gasteiger charge is -2.06. The third kappa shape index (κ3) is 1.94. The van der Waals surface area contributed by atoms with Crippen molar-refractivity contribution in [3.05, 3.63) is 53.2 Å². The molecule has 1 aromatic carbocycles. The molecule has 0 spiro atoms. The Morgan fingerprint density at radius 3 is 2.95 bits per heavy atom. The van der Waals surface area contributed by atoms with Gasteiger partial charge in [-0.3, -0.25) is 0 Å². The van der Waals surface area contributed by atoms with E-state index in [-0.39, 0.29) is 0 Å². The van der Waals surface area contributed by atoms with Gasteiger partial charge in [0.15, 0.2) is 0 Å². The van der Waals surface area contributed by atoms with Crippen LogP contribution in [0.15, 0.2) is 41.0 Å². The number of halogens is 1. The largest absolute Gasteiger partial charge is 0.467 e. The standard InChI is InChI=1S/C15H13ClN2O/c16-11-5-6-13-14(8-11)18(9-12-2-1-7-19-12)15(17-13)10-3-4-10/h1-2,5-8,10H,3-4,9H2. The van der Waals surface area contributed by atoms with E-state index in [0.717, 1.165) is 34.2 Å². The van der Waals surface area contributed by atoms with E-state index >= 15 is 0 Å². The quantitative estimate of drug-likeness (QED) is 0.715. The van der Waals surface area contributed by atoms with Crippen LogP contribution < -0.4 is 0 Å². The Balaban J connectivity index is 1.89. The number of benzene rings is 1. The Morgan fingerprint density at radius 2 is 2.21 bits per heavy atom. The van der Waals surface area contributed by atoms with Crippen LogP contribution in [0.4, 0.5) is 0 Å². The van der Waals surface area contributed by atoms with Crippen molar-refractivity contribution in [1.29, 1.82) is 0 Å². The zero-order valence-electron chi connectivity index (χ0n) is 10.3. The van der Waals surface area contributed by atoms with Gasteiger partial charge in [0.1, 0.15) is 11.6 Å². The molecular formula is C15H13ClN2O. The third-order valence-corrected chi connectivity index (χ3v) is 3.81. The molecule has 0 unspecified atom stereocenters. The van der Waals surface area contributed by atoms with Gasteiger partial charge in [0, 0.05) is 10.9 Å². The lowest BCUT2D eigenvalue weighted by Crippen LogP contribution is -2.03. The third-order valence-electron chi connectivity index (χ3n) is 3.58. The fourth-order valence-electron chi connectivity index (χ4n) is 2.49. The number of imidazole rings is 1. The lowest BCUT2D eigenvalue weighted by atomic mass is 10.3. The Labute approximate surface area is 115 Å². The molecule has 19 heavy (non-hydrogen) atoms. The topological polar surface area (TPSA) is 31.0 Å². The Bertz CT molecular complexity index is 726. The molecule has 2 aromatic heterocycles. The fraction of sp³-hybridized carbons (Fsp3) is 0.267. The molecule has 1 aliphatic rings. The van der Waals surface area contributed by atoms with Gasteiger partial charge in [-0.25, -0.2) is 4.98 Å². The first-order valence-electron chi connectivity index (χ1n) is 6.49. The molecule has 4 heteroatoms. The molecule has 0 N–H and O–H groups in total. The maximum absolute atomic E-state index is 6.11. The zero-order valence-corrected chi connectivity index (χ0v) is 11.1. The molecule has 3 aromatic rings. The van der Waals surface area contributed by atoms with Crippen LogP contribution in [0.2, 0.25) is 5.02 Å². The van der Waals surface area contributed by atoms with Crippen LogP contribution in [0.25, 0.3) is 11.0 Å². The highest BCUT2D eigenvalue weighted by Crippen LogP contribution is 2.41. The van der Waals surface area contributed by atoms with Gasteiger partial charge >= 0.3 is 0 Å². The number of fused-ring (bicyclic) bond motifs is 1. The van der Waals surface area contributed by atoms with Crippen molar-refractivity contribution in [2.75, 3.05) is 0 Å². The van der Waals surface area contributed by atoms with Crippen LogP contribution >= 0.6 is 11.6 Å². The van der Waals surface area contributed by atoms with Crippen molar-refractivity contribution in [3.8, 4) is 0 Å². The summed E-state index contributed by atoms with van der Waals surface area (Å²) in [6.07, 6.45) is 4.17. The maximum atomic E-state index is 6.11. The van der Waals surface area contributed by atoms with E-state index in [2.05, 4.69) is 4.57 Å². The summed E-state index contributed by atoms with van der Waals surface area (Å²) in [7, 11) is 0. The second-order valence-electron chi connectivity index (χ2n) is 5.04. The van der Waals surface area contributed by atoms with Gasteiger partial charge in [0.25, 0.3) is 0 Å². The molecule has 0 radical (unpaired) electrons. The van der Waals surface area contributed by atoms with Crippen LogP contribution in [0.3, 0.4) is 0 Å². The van der Waals surface area contributed by atoms with Crippen molar-refractivity contribution < 1.29 is 4.42 Å². The Kier molecular flexibility index (Phi) is 2.42. The number of aromatic nitrogens is 2. The van der Waals surface area contributed by atoms with E-state index in [1.165, 1.54) is 12.8 Å². The van der Waals surface area contributed by atoms with Gasteiger partial charge < -0.3 is 8.98 Å². The van der Waals surface area contributed by atoms with E-state index in [1.54, 1.807) is 6.26 Å². The summed E-state index contributed by atoms with van der Waals surface area (Å²) in [5, 5.41) is 0.746. The van der Waals surface area contributed by atoms with Gasteiger partial charge in [-0.1, -0.05) is 11.6 Å². The summed E-state index contributed by atoms with van der Waals surface area (Å²) in [5.74, 6) is 2.70. The summed E-state index contributed by atoms with van der Waals surface area (Å²) in [6.45, 7) is 0.718. The first-order chi connectivity index (χ1) is 9.31. The Hall–Kier alpha value is -1.74. The van der Waals surface area contributed by atoms with Crippen LogP contribution in [0.5, 0.6) is 0 Å². The molecule has 1 aliphatic carbocycles. The molecule has 0 amide bonds. The number of nitrogens with zero attached hydrogens (tertiary/aromatic N) is 2. The Morgan fingerprint density at radius 1 is 1.32 bits per heavy atom. The summed E-state index contributed by atoms with van der Waals surface area (Å²) < 4.78 is 7.69. The van der Waals surface area contributed by atoms with Crippen molar-refractivity contribution in [1.82, 2.24) is 9.55 Å². The van der Waals surface area contributed by atoms with E-state index in [1.807, 2.05) is 30.3 Å². The predicted molar refractivity (Wildman–Crippen MR) is 74.5 cm³/mol. The SMILES string of the molecule is Clc1ccc2nc(C3CC3)n(Cc3ccco3)c2c1. The van der Waals surface area contributed by atoms with Crippen LogP contribution in [0.1, 0.15) is 30.3 Å². The molecule has 1 fully saturated rings. The van der Waals surface area contributed by atoms with Crippen molar-refractivity contribution >= 4 is 22.6 Å². The van der Waals surface area contributed by atoms with Crippen molar-refractivity contribution in [3.63, 3.8) is 0 Å². The minimum atomic E-state index is 0.598. The molecule has 2 heterocycles. The molecule has 0 bridgehead atoms.